The molecule has 0 aliphatic rings. The first-order valence-electron chi connectivity index (χ1n) is 6.23. The van der Waals surface area contributed by atoms with E-state index in [0.29, 0.717) is 0 Å². The molecule has 2 aromatic rings. The smallest absolute Gasteiger partial charge is 0.267 e. The first-order valence-corrected chi connectivity index (χ1v) is 7.03. The molecule has 112 valence electrons. The van der Waals surface area contributed by atoms with Gasteiger partial charge in [0.15, 0.2) is 0 Å². The lowest BCUT2D eigenvalue weighted by molar-refractivity contribution is -0.169. The Kier molecular flexibility index (Phi) is 4.74. The fourth-order valence-corrected chi connectivity index (χ4v) is 2.40. The average molecular weight is 356 g/mol. The number of hydroxylamine groups is 2. The van der Waals surface area contributed by atoms with Crippen molar-refractivity contribution in [1.82, 2.24) is 14.8 Å². The highest BCUT2D eigenvalue weighted by molar-refractivity contribution is 9.10. The molecular weight excluding hydrogens is 341 g/mol. The lowest BCUT2D eigenvalue weighted by atomic mass is 10.1. The summed E-state index contributed by atoms with van der Waals surface area (Å²) in [5, 5.41) is 5.48. The monoisotopic (exact) mass is 355 g/mol. The quantitative estimate of drug-likeness (QED) is 0.792. The van der Waals surface area contributed by atoms with Crippen LogP contribution in [0.3, 0.4) is 0 Å². The molecule has 1 aromatic heterocycles. The fourth-order valence-electron chi connectivity index (χ4n) is 1.89. The molecular formula is C14H15BrFN3O2. The van der Waals surface area contributed by atoms with Gasteiger partial charge in [-0.1, -0.05) is 0 Å². The predicted octanol–water partition coefficient (Wildman–Crippen LogP) is 2.78. The summed E-state index contributed by atoms with van der Waals surface area (Å²) >= 11 is 3.47. The molecule has 0 atom stereocenters. The van der Waals surface area contributed by atoms with Crippen LogP contribution in [0.2, 0.25) is 0 Å². The number of carbonyl (C=O) groups is 1. The van der Waals surface area contributed by atoms with Gasteiger partial charge in [-0.25, -0.2) is 9.45 Å². The Balaban J connectivity index is 2.41. The second kappa shape index (κ2) is 6.36. The van der Waals surface area contributed by atoms with E-state index >= 15 is 0 Å². The zero-order valence-corrected chi connectivity index (χ0v) is 13.5. The third kappa shape index (κ3) is 3.30. The Morgan fingerprint density at radius 1 is 1.43 bits per heavy atom. The molecule has 0 N–H and O–H groups in total. The molecule has 21 heavy (non-hydrogen) atoms. The molecule has 0 unspecified atom stereocenters. The number of hydrogen-bond acceptors (Lipinski definition) is 3. The van der Waals surface area contributed by atoms with Crippen LogP contribution in [0.5, 0.6) is 0 Å². The topological polar surface area (TPSA) is 47.4 Å². The van der Waals surface area contributed by atoms with E-state index in [1.807, 2.05) is 6.92 Å². The van der Waals surface area contributed by atoms with Crippen molar-refractivity contribution in [3.8, 4) is 11.3 Å². The summed E-state index contributed by atoms with van der Waals surface area (Å²) < 4.78 is 15.4. The van der Waals surface area contributed by atoms with Gasteiger partial charge in [0.1, 0.15) is 12.4 Å². The van der Waals surface area contributed by atoms with E-state index in [9.17, 15) is 9.18 Å². The van der Waals surface area contributed by atoms with Crippen LogP contribution in [0.1, 0.15) is 5.69 Å². The molecule has 0 aliphatic carbocycles. The minimum atomic E-state index is -0.312. The summed E-state index contributed by atoms with van der Waals surface area (Å²) in [5.74, 6) is -0.552. The minimum absolute atomic E-state index is 0.0312. The molecule has 2 rings (SSSR count). The highest BCUT2D eigenvalue weighted by Gasteiger charge is 2.18. The van der Waals surface area contributed by atoms with Crippen molar-refractivity contribution in [3.63, 3.8) is 0 Å². The number of likely N-dealkylation sites (N-methyl/N-ethyl adjacent to an activating group) is 1. The van der Waals surface area contributed by atoms with Crippen LogP contribution in [-0.4, -0.2) is 34.9 Å². The number of rotatable bonds is 4. The number of carbonyl (C=O) groups excluding carboxylic acids is 1. The summed E-state index contributed by atoms with van der Waals surface area (Å²) in [4.78, 5) is 16.8. The summed E-state index contributed by atoms with van der Waals surface area (Å²) in [5.41, 5.74) is 2.25. The van der Waals surface area contributed by atoms with Gasteiger partial charge in [-0.15, -0.1) is 0 Å². The Bertz CT molecular complexity index is 655. The van der Waals surface area contributed by atoms with Gasteiger partial charge in [0, 0.05) is 12.6 Å². The van der Waals surface area contributed by atoms with Crippen LogP contribution in [0, 0.1) is 12.7 Å². The standard InChI is InChI=1S/C14H15BrFN3O2/c1-9-13(15)14(10-4-6-11(16)7-5-10)19(17-9)8-12(20)18(2)21-3/h4-7H,8H2,1-3H3. The highest BCUT2D eigenvalue weighted by Crippen LogP contribution is 2.31. The molecule has 0 spiro atoms. The van der Waals surface area contributed by atoms with E-state index in [2.05, 4.69) is 21.0 Å². The molecule has 1 heterocycles. The van der Waals surface area contributed by atoms with Crippen LogP contribution in [0.4, 0.5) is 4.39 Å². The number of aromatic nitrogens is 2. The third-order valence-electron chi connectivity index (χ3n) is 3.08. The molecule has 1 aromatic carbocycles. The lowest BCUT2D eigenvalue weighted by Crippen LogP contribution is -2.29. The summed E-state index contributed by atoms with van der Waals surface area (Å²) in [6, 6.07) is 6.05. The first-order chi connectivity index (χ1) is 9.93. The fraction of sp³-hybridized carbons (Fsp3) is 0.286. The van der Waals surface area contributed by atoms with Crippen molar-refractivity contribution >= 4 is 21.8 Å². The van der Waals surface area contributed by atoms with Crippen molar-refractivity contribution in [3.05, 3.63) is 40.2 Å². The van der Waals surface area contributed by atoms with Crippen molar-refractivity contribution in [2.45, 2.75) is 13.5 Å². The van der Waals surface area contributed by atoms with E-state index in [1.165, 1.54) is 26.3 Å². The van der Waals surface area contributed by atoms with Crippen molar-refractivity contribution in [1.29, 1.82) is 0 Å². The third-order valence-corrected chi connectivity index (χ3v) is 4.03. The number of aryl methyl sites for hydroxylation is 1. The molecule has 0 saturated heterocycles. The van der Waals surface area contributed by atoms with Crippen LogP contribution < -0.4 is 0 Å². The van der Waals surface area contributed by atoms with E-state index in [-0.39, 0.29) is 18.3 Å². The van der Waals surface area contributed by atoms with E-state index in [4.69, 9.17) is 4.84 Å². The Hall–Kier alpha value is -1.73. The maximum absolute atomic E-state index is 13.1. The number of halogens is 2. The highest BCUT2D eigenvalue weighted by atomic mass is 79.9. The largest absolute Gasteiger partial charge is 0.275 e. The van der Waals surface area contributed by atoms with Crippen molar-refractivity contribution in [2.75, 3.05) is 14.2 Å². The van der Waals surface area contributed by atoms with Crippen LogP contribution in [-0.2, 0) is 16.2 Å². The van der Waals surface area contributed by atoms with Gasteiger partial charge >= 0.3 is 0 Å². The Morgan fingerprint density at radius 2 is 2.05 bits per heavy atom. The number of amides is 1. The second-order valence-electron chi connectivity index (χ2n) is 4.49. The Labute approximate surface area is 130 Å². The summed E-state index contributed by atoms with van der Waals surface area (Å²) in [7, 11) is 2.95. The number of benzene rings is 1. The van der Waals surface area contributed by atoms with Crippen LogP contribution in [0.25, 0.3) is 11.3 Å². The van der Waals surface area contributed by atoms with E-state index in [1.54, 1.807) is 16.8 Å². The molecule has 0 bridgehead atoms. The second-order valence-corrected chi connectivity index (χ2v) is 5.28. The SMILES string of the molecule is CON(C)C(=O)Cn1nc(C)c(Br)c1-c1ccc(F)cc1. The minimum Gasteiger partial charge on any atom is -0.275 e. The summed E-state index contributed by atoms with van der Waals surface area (Å²) in [6.45, 7) is 1.86. The number of nitrogens with zero attached hydrogens (tertiary/aromatic N) is 3. The maximum atomic E-state index is 13.1. The van der Waals surface area contributed by atoms with Gasteiger partial charge in [0.25, 0.3) is 5.91 Å². The van der Waals surface area contributed by atoms with Gasteiger partial charge < -0.3 is 0 Å². The lowest BCUT2D eigenvalue weighted by Gasteiger charge is -2.15. The van der Waals surface area contributed by atoms with Gasteiger partial charge in [-0.05, 0) is 47.1 Å². The van der Waals surface area contributed by atoms with Gasteiger partial charge in [-0.2, -0.15) is 5.10 Å². The van der Waals surface area contributed by atoms with E-state index < -0.39 is 0 Å². The number of hydrogen-bond donors (Lipinski definition) is 0. The van der Waals surface area contributed by atoms with Crippen molar-refractivity contribution in [2.24, 2.45) is 0 Å². The van der Waals surface area contributed by atoms with E-state index in [0.717, 1.165) is 26.5 Å². The summed E-state index contributed by atoms with van der Waals surface area (Å²) in [6.07, 6.45) is 0. The molecule has 1 amide bonds. The maximum Gasteiger partial charge on any atom is 0.267 e. The van der Waals surface area contributed by atoms with Crippen molar-refractivity contribution < 1.29 is 14.0 Å². The molecule has 0 fully saturated rings. The molecule has 7 heteroatoms. The van der Waals surface area contributed by atoms with Gasteiger partial charge in [0.2, 0.25) is 0 Å². The molecule has 0 radical (unpaired) electrons. The first kappa shape index (κ1) is 15.7. The molecule has 0 aliphatic heterocycles. The van der Waals surface area contributed by atoms with Crippen LogP contribution >= 0.6 is 15.9 Å². The molecule has 5 nitrogen and oxygen atoms in total. The van der Waals surface area contributed by atoms with Gasteiger partial charge in [0.05, 0.1) is 23.0 Å². The van der Waals surface area contributed by atoms with Gasteiger partial charge in [-0.3, -0.25) is 14.3 Å². The average Bonchev–Trinajstić information content (AvgIpc) is 2.74. The zero-order chi connectivity index (χ0) is 15.6. The predicted molar refractivity (Wildman–Crippen MR) is 79.8 cm³/mol. The normalized spacial score (nSPS) is 10.7. The zero-order valence-electron chi connectivity index (χ0n) is 11.9. The van der Waals surface area contributed by atoms with Crippen LogP contribution in [0.15, 0.2) is 28.7 Å². The Morgan fingerprint density at radius 3 is 2.62 bits per heavy atom. The molecule has 0 saturated carbocycles.